The molecule has 0 atom stereocenters. The Morgan fingerprint density at radius 1 is 1.24 bits per heavy atom. The van der Waals surface area contributed by atoms with E-state index in [4.69, 9.17) is 17.3 Å². The maximum Gasteiger partial charge on any atom is 0.0770 e. The van der Waals surface area contributed by atoms with Crippen LogP contribution in [0, 0.1) is 13.8 Å². The van der Waals surface area contributed by atoms with E-state index in [9.17, 15) is 0 Å². The Morgan fingerprint density at radius 3 is 2.47 bits per heavy atom. The molecule has 0 aliphatic carbocycles. The third-order valence-electron chi connectivity index (χ3n) is 3.13. The second-order valence-corrected chi connectivity index (χ2v) is 5.17. The molecule has 3 heteroatoms. The molecule has 17 heavy (non-hydrogen) atoms. The molecule has 0 aliphatic rings. The van der Waals surface area contributed by atoms with Crippen molar-refractivity contribution >= 4 is 28.2 Å². The van der Waals surface area contributed by atoms with Crippen LogP contribution < -0.4 is 5.73 Å². The lowest BCUT2D eigenvalue weighted by molar-refractivity contribution is 0.851. The highest BCUT2D eigenvalue weighted by molar-refractivity contribution is 6.36. The molecule has 1 aromatic carbocycles. The fraction of sp³-hybridized carbons (Fsp3) is 0.357. The first-order chi connectivity index (χ1) is 7.93. The molecule has 2 nitrogen and oxygen atoms in total. The maximum absolute atomic E-state index is 6.27. The Kier molecular flexibility index (Phi) is 3.00. The van der Waals surface area contributed by atoms with Gasteiger partial charge in [0.1, 0.15) is 0 Å². The SMILES string of the molecule is Cc1nc2c(C)ccc(Cl)c2c(N)c1C(C)C. The largest absolute Gasteiger partial charge is 0.398 e. The van der Waals surface area contributed by atoms with Gasteiger partial charge < -0.3 is 5.73 Å². The molecule has 1 aromatic heterocycles. The molecule has 1 heterocycles. The van der Waals surface area contributed by atoms with E-state index in [0.717, 1.165) is 33.4 Å². The number of anilines is 1. The van der Waals surface area contributed by atoms with Crippen molar-refractivity contribution in [2.75, 3.05) is 5.73 Å². The van der Waals surface area contributed by atoms with Crippen LogP contribution in [0.4, 0.5) is 5.69 Å². The van der Waals surface area contributed by atoms with Crippen molar-refractivity contribution in [3.05, 3.63) is 34.0 Å². The minimum atomic E-state index is 0.350. The van der Waals surface area contributed by atoms with Crippen LogP contribution in [-0.2, 0) is 0 Å². The van der Waals surface area contributed by atoms with Crippen LogP contribution in [0.1, 0.15) is 36.6 Å². The van der Waals surface area contributed by atoms with Crippen molar-refractivity contribution in [1.29, 1.82) is 0 Å². The van der Waals surface area contributed by atoms with Gasteiger partial charge in [-0.2, -0.15) is 0 Å². The van der Waals surface area contributed by atoms with Crippen LogP contribution in [0.15, 0.2) is 12.1 Å². The summed E-state index contributed by atoms with van der Waals surface area (Å²) in [5, 5.41) is 1.57. The van der Waals surface area contributed by atoms with E-state index in [2.05, 4.69) is 18.8 Å². The van der Waals surface area contributed by atoms with E-state index >= 15 is 0 Å². The lowest BCUT2D eigenvalue weighted by Gasteiger charge is -2.16. The standard InChI is InChI=1S/C14H17ClN2/c1-7(2)11-9(4)17-14-8(3)5-6-10(15)12(14)13(11)16/h5-7H,1-4H3,(H2,16,17). The monoisotopic (exact) mass is 248 g/mol. The Morgan fingerprint density at radius 2 is 1.88 bits per heavy atom. The predicted octanol–water partition coefficient (Wildman–Crippen LogP) is 4.21. The van der Waals surface area contributed by atoms with Crippen LogP contribution in [0.25, 0.3) is 10.9 Å². The summed E-state index contributed by atoms with van der Waals surface area (Å²) < 4.78 is 0. The number of pyridine rings is 1. The molecule has 0 aliphatic heterocycles. The van der Waals surface area contributed by atoms with Crippen molar-refractivity contribution < 1.29 is 0 Å². The highest BCUT2D eigenvalue weighted by Crippen LogP contribution is 2.36. The number of hydrogen-bond donors (Lipinski definition) is 1. The van der Waals surface area contributed by atoms with Crippen LogP contribution in [0.5, 0.6) is 0 Å². The van der Waals surface area contributed by atoms with Gasteiger partial charge >= 0.3 is 0 Å². The number of aryl methyl sites for hydroxylation is 2. The lowest BCUT2D eigenvalue weighted by atomic mass is 9.96. The molecule has 0 amide bonds. The number of benzene rings is 1. The second-order valence-electron chi connectivity index (χ2n) is 4.77. The van der Waals surface area contributed by atoms with Crippen LogP contribution in [-0.4, -0.2) is 4.98 Å². The van der Waals surface area contributed by atoms with Crippen molar-refractivity contribution in [3.8, 4) is 0 Å². The van der Waals surface area contributed by atoms with Gasteiger partial charge in [-0.05, 0) is 37.0 Å². The van der Waals surface area contributed by atoms with Gasteiger partial charge in [-0.1, -0.05) is 31.5 Å². The lowest BCUT2D eigenvalue weighted by Crippen LogP contribution is -2.04. The number of nitrogens with two attached hydrogens (primary N) is 1. The normalized spacial score (nSPS) is 11.4. The van der Waals surface area contributed by atoms with Gasteiger partial charge in [-0.3, -0.25) is 4.98 Å². The molecular weight excluding hydrogens is 232 g/mol. The smallest absolute Gasteiger partial charge is 0.0770 e. The molecule has 2 aromatic rings. The number of fused-ring (bicyclic) bond motifs is 1. The molecule has 2 N–H and O–H groups in total. The first-order valence-electron chi connectivity index (χ1n) is 5.78. The van der Waals surface area contributed by atoms with E-state index in [1.54, 1.807) is 0 Å². The quantitative estimate of drug-likeness (QED) is 0.821. The summed E-state index contributed by atoms with van der Waals surface area (Å²) in [7, 11) is 0. The van der Waals surface area contributed by atoms with E-state index in [1.807, 2.05) is 26.0 Å². The fourth-order valence-electron chi connectivity index (χ4n) is 2.36. The van der Waals surface area contributed by atoms with Gasteiger partial charge in [0, 0.05) is 16.8 Å². The van der Waals surface area contributed by atoms with Gasteiger partial charge in [0.2, 0.25) is 0 Å². The molecular formula is C14H17ClN2. The van der Waals surface area contributed by atoms with Crippen LogP contribution in [0.3, 0.4) is 0 Å². The van der Waals surface area contributed by atoms with Crippen molar-refractivity contribution in [2.45, 2.75) is 33.6 Å². The highest BCUT2D eigenvalue weighted by atomic mass is 35.5. The summed E-state index contributed by atoms with van der Waals surface area (Å²) in [5.41, 5.74) is 11.2. The van der Waals surface area contributed by atoms with Crippen molar-refractivity contribution in [1.82, 2.24) is 4.98 Å². The predicted molar refractivity (Wildman–Crippen MR) is 74.7 cm³/mol. The molecule has 0 saturated heterocycles. The zero-order chi connectivity index (χ0) is 12.7. The van der Waals surface area contributed by atoms with E-state index in [-0.39, 0.29) is 0 Å². The van der Waals surface area contributed by atoms with Crippen LogP contribution >= 0.6 is 11.6 Å². The first-order valence-corrected chi connectivity index (χ1v) is 6.16. The van der Waals surface area contributed by atoms with Gasteiger partial charge in [0.05, 0.1) is 10.5 Å². The third-order valence-corrected chi connectivity index (χ3v) is 3.45. The molecule has 0 unspecified atom stereocenters. The van der Waals surface area contributed by atoms with Gasteiger partial charge in [0.25, 0.3) is 0 Å². The zero-order valence-corrected chi connectivity index (χ0v) is 11.4. The summed E-state index contributed by atoms with van der Waals surface area (Å²) in [6, 6.07) is 3.86. The molecule has 0 spiro atoms. The molecule has 0 fully saturated rings. The fourth-order valence-corrected chi connectivity index (χ4v) is 2.61. The van der Waals surface area contributed by atoms with E-state index in [0.29, 0.717) is 10.9 Å². The van der Waals surface area contributed by atoms with Crippen LogP contribution in [0.2, 0.25) is 5.02 Å². The number of halogens is 1. The number of hydrogen-bond acceptors (Lipinski definition) is 2. The number of nitrogen functional groups attached to an aromatic ring is 1. The molecule has 2 rings (SSSR count). The maximum atomic E-state index is 6.27. The number of nitrogens with zero attached hydrogens (tertiary/aromatic N) is 1. The molecule has 90 valence electrons. The Hall–Kier alpha value is -1.28. The highest BCUT2D eigenvalue weighted by Gasteiger charge is 2.16. The number of rotatable bonds is 1. The van der Waals surface area contributed by atoms with Crippen molar-refractivity contribution in [3.63, 3.8) is 0 Å². The minimum Gasteiger partial charge on any atom is -0.398 e. The molecule has 0 saturated carbocycles. The summed E-state index contributed by atoms with van der Waals surface area (Å²) in [6.45, 7) is 8.27. The zero-order valence-electron chi connectivity index (χ0n) is 10.6. The summed E-state index contributed by atoms with van der Waals surface area (Å²) in [4.78, 5) is 4.65. The molecule has 0 radical (unpaired) electrons. The molecule has 0 bridgehead atoms. The Labute approximate surface area is 107 Å². The summed E-state index contributed by atoms with van der Waals surface area (Å²) in [6.07, 6.45) is 0. The van der Waals surface area contributed by atoms with Gasteiger partial charge in [0.15, 0.2) is 0 Å². The number of aromatic nitrogens is 1. The topological polar surface area (TPSA) is 38.9 Å². The van der Waals surface area contributed by atoms with Crippen molar-refractivity contribution in [2.24, 2.45) is 0 Å². The Balaban J connectivity index is 2.97. The van der Waals surface area contributed by atoms with E-state index in [1.165, 1.54) is 0 Å². The third kappa shape index (κ3) is 1.87. The van der Waals surface area contributed by atoms with E-state index < -0.39 is 0 Å². The average Bonchev–Trinajstić information content (AvgIpc) is 2.22. The van der Waals surface area contributed by atoms with Gasteiger partial charge in [-0.25, -0.2) is 0 Å². The van der Waals surface area contributed by atoms with Gasteiger partial charge in [-0.15, -0.1) is 0 Å². The Bertz CT molecular complexity index is 589. The summed E-state index contributed by atoms with van der Waals surface area (Å²) >= 11 is 6.24. The average molecular weight is 249 g/mol. The second kappa shape index (κ2) is 4.19. The summed E-state index contributed by atoms with van der Waals surface area (Å²) in [5.74, 6) is 0.350. The first kappa shape index (κ1) is 12.2. The minimum absolute atomic E-state index is 0.350.